The van der Waals surface area contributed by atoms with Gasteiger partial charge in [0, 0.05) is 30.8 Å². The van der Waals surface area contributed by atoms with E-state index >= 15 is 0 Å². The molecular formula is C25H31N5O3S. The highest BCUT2D eigenvalue weighted by Gasteiger charge is 2.15. The number of amides is 2. The van der Waals surface area contributed by atoms with Gasteiger partial charge in [0.05, 0.1) is 12.9 Å². The number of nitrogens with one attached hydrogen (secondary N) is 2. The third kappa shape index (κ3) is 6.60. The number of ether oxygens (including phenoxy) is 1. The molecule has 180 valence electrons. The van der Waals surface area contributed by atoms with E-state index in [-0.39, 0.29) is 17.6 Å². The van der Waals surface area contributed by atoms with Crippen LogP contribution in [0.4, 0.5) is 5.69 Å². The van der Waals surface area contributed by atoms with Crippen molar-refractivity contribution in [3.63, 3.8) is 0 Å². The summed E-state index contributed by atoms with van der Waals surface area (Å²) in [6, 6.07) is 14.8. The summed E-state index contributed by atoms with van der Waals surface area (Å²) in [5, 5.41) is 15.1. The Hall–Kier alpha value is -3.33. The van der Waals surface area contributed by atoms with E-state index in [9.17, 15) is 9.59 Å². The molecule has 9 heteroatoms. The summed E-state index contributed by atoms with van der Waals surface area (Å²) in [6.07, 6.45) is 0.539. The van der Waals surface area contributed by atoms with E-state index in [0.717, 1.165) is 17.1 Å². The number of methoxy groups -OCH3 is 1. The quantitative estimate of drug-likeness (QED) is 0.400. The topological polar surface area (TPSA) is 98.1 Å². The predicted octanol–water partition coefficient (Wildman–Crippen LogP) is 4.13. The Morgan fingerprint density at radius 3 is 2.50 bits per heavy atom. The average molecular weight is 482 g/mol. The van der Waals surface area contributed by atoms with E-state index in [2.05, 4.69) is 34.7 Å². The smallest absolute Gasteiger partial charge is 0.251 e. The number of carbonyl (C=O) groups is 2. The van der Waals surface area contributed by atoms with Crippen LogP contribution in [0.15, 0.2) is 53.7 Å². The minimum absolute atomic E-state index is 0.0861. The van der Waals surface area contributed by atoms with E-state index in [1.165, 1.54) is 11.8 Å². The highest BCUT2D eigenvalue weighted by atomic mass is 32.2. The summed E-state index contributed by atoms with van der Waals surface area (Å²) in [5.74, 6) is 1.79. The van der Waals surface area contributed by atoms with Crippen molar-refractivity contribution < 1.29 is 14.3 Å². The molecule has 1 heterocycles. The maximum Gasteiger partial charge on any atom is 0.251 e. The summed E-state index contributed by atoms with van der Waals surface area (Å²) in [7, 11) is 1.59. The highest BCUT2D eigenvalue weighted by molar-refractivity contribution is 7.99. The molecule has 0 aliphatic carbocycles. The van der Waals surface area contributed by atoms with E-state index in [1.54, 1.807) is 31.4 Å². The molecule has 0 spiro atoms. The van der Waals surface area contributed by atoms with E-state index in [4.69, 9.17) is 4.74 Å². The van der Waals surface area contributed by atoms with Crippen molar-refractivity contribution >= 4 is 29.3 Å². The molecule has 3 rings (SSSR count). The van der Waals surface area contributed by atoms with Crippen LogP contribution < -0.4 is 15.4 Å². The summed E-state index contributed by atoms with van der Waals surface area (Å²) in [4.78, 5) is 24.9. The van der Waals surface area contributed by atoms with Crippen molar-refractivity contribution in [2.45, 2.75) is 44.8 Å². The number of nitrogens with zero attached hydrogens (tertiary/aromatic N) is 3. The fraction of sp³-hybridized carbons (Fsp3) is 0.360. The van der Waals surface area contributed by atoms with Gasteiger partial charge in [0.2, 0.25) is 5.91 Å². The number of thioether (sulfide) groups is 1. The van der Waals surface area contributed by atoms with Crippen LogP contribution in [0.1, 0.15) is 48.4 Å². The van der Waals surface area contributed by atoms with Crippen LogP contribution in [0.3, 0.4) is 0 Å². The highest BCUT2D eigenvalue weighted by Crippen LogP contribution is 2.24. The number of benzene rings is 2. The second-order valence-electron chi connectivity index (χ2n) is 7.96. The second-order valence-corrected chi connectivity index (χ2v) is 8.90. The zero-order chi connectivity index (χ0) is 24.5. The van der Waals surface area contributed by atoms with Crippen LogP contribution in [-0.2, 0) is 17.8 Å². The predicted molar refractivity (Wildman–Crippen MR) is 135 cm³/mol. The van der Waals surface area contributed by atoms with Crippen molar-refractivity contribution in [2.24, 2.45) is 0 Å². The summed E-state index contributed by atoms with van der Waals surface area (Å²) < 4.78 is 7.09. The number of anilines is 1. The molecule has 0 radical (unpaired) electrons. The summed E-state index contributed by atoms with van der Waals surface area (Å²) in [6.45, 7) is 7.32. The molecule has 0 unspecified atom stereocenters. The molecule has 0 atom stereocenters. The average Bonchev–Trinajstić information content (AvgIpc) is 3.24. The number of rotatable bonds is 11. The van der Waals surface area contributed by atoms with Gasteiger partial charge in [0.15, 0.2) is 5.16 Å². The molecule has 0 aliphatic rings. The molecule has 2 aromatic carbocycles. The van der Waals surface area contributed by atoms with Gasteiger partial charge < -0.3 is 19.9 Å². The lowest BCUT2D eigenvalue weighted by atomic mass is 10.0. The Morgan fingerprint density at radius 2 is 1.82 bits per heavy atom. The Morgan fingerprint density at radius 1 is 1.09 bits per heavy atom. The van der Waals surface area contributed by atoms with Gasteiger partial charge in [-0.15, -0.1) is 10.2 Å². The molecule has 0 bridgehead atoms. The van der Waals surface area contributed by atoms with Crippen LogP contribution in [0.2, 0.25) is 0 Å². The largest absolute Gasteiger partial charge is 0.497 e. The zero-order valence-corrected chi connectivity index (χ0v) is 20.8. The molecule has 8 nitrogen and oxygen atoms in total. The summed E-state index contributed by atoms with van der Waals surface area (Å²) in [5.41, 5.74) is 2.52. The standard InChI is InChI=1S/C25H31N5O3S/c1-5-30-22(14-15-26-24(32)18-10-12-19(33-4)13-11-18)28-29-25(30)34-16-23(31)27-21-9-7-6-8-20(21)17(2)3/h6-13,17H,5,14-16H2,1-4H3,(H,26,32)(H,27,31). The first-order valence-electron chi connectivity index (χ1n) is 11.3. The third-order valence-corrected chi connectivity index (χ3v) is 6.25. The molecule has 0 saturated heterocycles. The molecular weight excluding hydrogens is 450 g/mol. The van der Waals surface area contributed by atoms with Gasteiger partial charge in [0.25, 0.3) is 5.91 Å². The Labute approximate surface area is 204 Å². The monoisotopic (exact) mass is 481 g/mol. The zero-order valence-electron chi connectivity index (χ0n) is 20.0. The van der Waals surface area contributed by atoms with Crippen LogP contribution in [-0.4, -0.2) is 46.0 Å². The molecule has 0 aliphatic heterocycles. The fourth-order valence-corrected chi connectivity index (χ4v) is 4.31. The number of hydrogen-bond acceptors (Lipinski definition) is 6. The molecule has 34 heavy (non-hydrogen) atoms. The molecule has 3 aromatic rings. The first-order chi connectivity index (χ1) is 16.4. The molecule has 0 saturated carbocycles. The van der Waals surface area contributed by atoms with Crippen molar-refractivity contribution in [1.29, 1.82) is 0 Å². The fourth-order valence-electron chi connectivity index (χ4n) is 3.49. The maximum atomic E-state index is 12.5. The Kier molecular flexibility index (Phi) is 9.09. The van der Waals surface area contributed by atoms with Crippen LogP contribution >= 0.6 is 11.8 Å². The van der Waals surface area contributed by atoms with Gasteiger partial charge in [-0.05, 0) is 48.7 Å². The third-order valence-electron chi connectivity index (χ3n) is 5.29. The summed E-state index contributed by atoms with van der Waals surface area (Å²) >= 11 is 1.35. The van der Waals surface area contributed by atoms with E-state index in [0.29, 0.717) is 41.9 Å². The Bertz CT molecular complexity index is 1110. The maximum absolute atomic E-state index is 12.5. The van der Waals surface area contributed by atoms with Gasteiger partial charge in [-0.2, -0.15) is 0 Å². The number of carbonyl (C=O) groups excluding carboxylic acids is 2. The second kappa shape index (κ2) is 12.2. The van der Waals surface area contributed by atoms with Crippen LogP contribution in [0.25, 0.3) is 0 Å². The Balaban J connectivity index is 1.52. The lowest BCUT2D eigenvalue weighted by molar-refractivity contribution is -0.113. The minimum Gasteiger partial charge on any atom is -0.497 e. The number of para-hydroxylation sites is 1. The van der Waals surface area contributed by atoms with Crippen molar-refractivity contribution in [2.75, 3.05) is 24.7 Å². The van der Waals surface area contributed by atoms with Crippen molar-refractivity contribution in [3.05, 3.63) is 65.5 Å². The van der Waals surface area contributed by atoms with Gasteiger partial charge in [-0.3, -0.25) is 9.59 Å². The number of hydrogen-bond donors (Lipinski definition) is 2. The first-order valence-corrected chi connectivity index (χ1v) is 12.3. The van der Waals surface area contributed by atoms with E-state index in [1.807, 2.05) is 35.8 Å². The molecule has 1 aromatic heterocycles. The lowest BCUT2D eigenvalue weighted by Crippen LogP contribution is -2.26. The van der Waals surface area contributed by atoms with Gasteiger partial charge >= 0.3 is 0 Å². The minimum atomic E-state index is -0.154. The van der Waals surface area contributed by atoms with Gasteiger partial charge in [0.1, 0.15) is 11.6 Å². The normalized spacial score (nSPS) is 10.9. The van der Waals surface area contributed by atoms with E-state index < -0.39 is 0 Å². The van der Waals surface area contributed by atoms with Crippen LogP contribution in [0, 0.1) is 0 Å². The molecule has 2 N–H and O–H groups in total. The number of aromatic nitrogens is 3. The molecule has 0 fully saturated rings. The first kappa shape index (κ1) is 25.3. The molecule has 2 amide bonds. The lowest BCUT2D eigenvalue weighted by Gasteiger charge is -2.13. The SMILES string of the molecule is CCn1c(CCNC(=O)c2ccc(OC)cc2)nnc1SCC(=O)Nc1ccccc1C(C)C. The van der Waals surface area contributed by atoms with Crippen molar-refractivity contribution in [1.82, 2.24) is 20.1 Å². The van der Waals surface area contributed by atoms with Gasteiger partial charge in [-0.1, -0.05) is 43.8 Å². The van der Waals surface area contributed by atoms with Crippen molar-refractivity contribution in [3.8, 4) is 5.75 Å². The van der Waals surface area contributed by atoms with Gasteiger partial charge in [-0.25, -0.2) is 0 Å². The van der Waals surface area contributed by atoms with Crippen LogP contribution in [0.5, 0.6) is 5.75 Å².